The van der Waals surface area contributed by atoms with E-state index in [2.05, 4.69) is 20.1 Å². The lowest BCUT2D eigenvalue weighted by molar-refractivity contribution is 0.0746. The van der Waals surface area contributed by atoms with Crippen LogP contribution in [0.15, 0.2) is 22.6 Å². The molecule has 0 aliphatic carbocycles. The Bertz CT molecular complexity index is 1030. The van der Waals surface area contributed by atoms with E-state index in [4.69, 9.17) is 4.42 Å². The molecular weight excluding hydrogens is 294 g/mol. The maximum Gasteiger partial charge on any atom is 0.201 e. The Labute approximate surface area is 132 Å². The summed E-state index contributed by atoms with van der Waals surface area (Å²) in [6.45, 7) is 7.16. The van der Waals surface area contributed by atoms with Crippen LogP contribution in [-0.4, -0.2) is 29.7 Å². The molecule has 2 N–H and O–H groups in total. The zero-order valence-corrected chi connectivity index (χ0v) is 13.4. The minimum Gasteiger partial charge on any atom is -0.458 e. The maximum absolute atomic E-state index is 10.2. The summed E-state index contributed by atoms with van der Waals surface area (Å²) < 4.78 is 7.37. The summed E-state index contributed by atoms with van der Waals surface area (Å²) in [5.41, 5.74) is 1.01. The fourth-order valence-corrected chi connectivity index (χ4v) is 2.64. The molecule has 0 aliphatic rings. The molecule has 0 saturated carbocycles. The second kappa shape index (κ2) is 4.42. The SMILES string of the molecule is Cc1nc2c3cc(C(C)(C)O)[nH]c3nc(-c3ccc(C)o3)n2n1. The van der Waals surface area contributed by atoms with Crippen molar-refractivity contribution in [2.24, 2.45) is 0 Å². The summed E-state index contributed by atoms with van der Waals surface area (Å²) in [6.07, 6.45) is 0. The number of H-pyrrole nitrogens is 1. The first-order valence-corrected chi connectivity index (χ1v) is 7.39. The van der Waals surface area contributed by atoms with Crippen molar-refractivity contribution < 1.29 is 9.52 Å². The molecule has 0 unspecified atom stereocenters. The number of rotatable bonds is 2. The third-order valence-corrected chi connectivity index (χ3v) is 3.79. The number of nitrogens with zero attached hydrogens (tertiary/aromatic N) is 4. The average molecular weight is 311 g/mol. The zero-order chi connectivity index (χ0) is 16.4. The van der Waals surface area contributed by atoms with E-state index < -0.39 is 5.60 Å². The van der Waals surface area contributed by atoms with Gasteiger partial charge >= 0.3 is 0 Å². The molecule has 0 atom stereocenters. The fourth-order valence-electron chi connectivity index (χ4n) is 2.64. The van der Waals surface area contributed by atoms with Gasteiger partial charge in [0, 0.05) is 5.69 Å². The standard InChI is InChI=1S/C16H17N5O2/c1-8-5-6-11(23-8)15-19-13-10(7-12(18-13)16(3,4)22)14-17-9(2)20-21(14)15/h5-7,18,22H,1-4H3. The van der Waals surface area contributed by atoms with Gasteiger partial charge in [-0.1, -0.05) is 0 Å². The van der Waals surface area contributed by atoms with E-state index in [1.165, 1.54) is 0 Å². The minimum atomic E-state index is -0.992. The van der Waals surface area contributed by atoms with E-state index in [9.17, 15) is 5.11 Å². The van der Waals surface area contributed by atoms with Gasteiger partial charge in [-0.3, -0.25) is 0 Å². The van der Waals surface area contributed by atoms with Crippen LogP contribution in [0.2, 0.25) is 0 Å². The van der Waals surface area contributed by atoms with Gasteiger partial charge in [-0.05, 0) is 45.9 Å². The molecule has 0 aliphatic heterocycles. The van der Waals surface area contributed by atoms with Gasteiger partial charge in [-0.25, -0.2) is 9.97 Å². The van der Waals surface area contributed by atoms with Crippen molar-refractivity contribution in [3.8, 4) is 11.6 Å². The second-order valence-electron chi connectivity index (χ2n) is 6.24. The summed E-state index contributed by atoms with van der Waals surface area (Å²) in [5.74, 6) is 2.65. The van der Waals surface area contributed by atoms with Crippen LogP contribution in [0.1, 0.15) is 31.1 Å². The number of aryl methyl sites for hydroxylation is 2. The molecule has 0 saturated heterocycles. The predicted octanol–water partition coefficient (Wildman–Crippen LogP) is 2.71. The van der Waals surface area contributed by atoms with Gasteiger partial charge in [0.25, 0.3) is 0 Å². The zero-order valence-electron chi connectivity index (χ0n) is 13.4. The first-order valence-electron chi connectivity index (χ1n) is 7.39. The maximum atomic E-state index is 10.2. The van der Waals surface area contributed by atoms with Gasteiger partial charge < -0.3 is 14.5 Å². The summed E-state index contributed by atoms with van der Waals surface area (Å²) in [7, 11) is 0. The highest BCUT2D eigenvalue weighted by Crippen LogP contribution is 2.29. The van der Waals surface area contributed by atoms with Crippen LogP contribution in [-0.2, 0) is 5.60 Å². The van der Waals surface area contributed by atoms with Crippen molar-refractivity contribution in [1.29, 1.82) is 0 Å². The fraction of sp³-hybridized carbons (Fsp3) is 0.312. The molecule has 4 aromatic rings. The van der Waals surface area contributed by atoms with Crippen LogP contribution in [0, 0.1) is 13.8 Å². The number of aromatic nitrogens is 5. The monoisotopic (exact) mass is 311 g/mol. The lowest BCUT2D eigenvalue weighted by Gasteiger charge is -2.14. The summed E-state index contributed by atoms with van der Waals surface area (Å²) in [5, 5.41) is 15.5. The number of aliphatic hydroxyl groups is 1. The largest absolute Gasteiger partial charge is 0.458 e. The van der Waals surface area contributed by atoms with Gasteiger partial charge in [-0.15, -0.1) is 5.10 Å². The van der Waals surface area contributed by atoms with Crippen LogP contribution >= 0.6 is 0 Å². The Morgan fingerprint density at radius 3 is 2.65 bits per heavy atom. The lowest BCUT2D eigenvalue weighted by Crippen LogP contribution is -2.15. The van der Waals surface area contributed by atoms with E-state index in [0.717, 1.165) is 11.1 Å². The normalized spacial score (nSPS) is 12.6. The number of hydrogen-bond acceptors (Lipinski definition) is 5. The summed E-state index contributed by atoms with van der Waals surface area (Å²) in [6, 6.07) is 5.61. The van der Waals surface area contributed by atoms with Gasteiger partial charge in [0.05, 0.1) is 11.0 Å². The first kappa shape index (κ1) is 14.0. The van der Waals surface area contributed by atoms with E-state index in [0.29, 0.717) is 34.4 Å². The van der Waals surface area contributed by atoms with E-state index in [1.54, 1.807) is 18.4 Å². The van der Waals surface area contributed by atoms with Crippen molar-refractivity contribution in [3.63, 3.8) is 0 Å². The Kier molecular flexibility index (Phi) is 2.68. The highest BCUT2D eigenvalue weighted by Gasteiger charge is 2.23. The highest BCUT2D eigenvalue weighted by molar-refractivity contribution is 5.91. The molecule has 0 fully saturated rings. The van der Waals surface area contributed by atoms with Crippen LogP contribution in [0.4, 0.5) is 0 Å². The number of furan rings is 1. The third-order valence-electron chi connectivity index (χ3n) is 3.79. The molecule has 4 aromatic heterocycles. The number of aromatic amines is 1. The van der Waals surface area contributed by atoms with E-state index >= 15 is 0 Å². The minimum absolute atomic E-state index is 0.574. The first-order chi connectivity index (χ1) is 10.8. The summed E-state index contributed by atoms with van der Waals surface area (Å²) in [4.78, 5) is 12.3. The second-order valence-corrected chi connectivity index (χ2v) is 6.24. The molecule has 4 heterocycles. The lowest BCUT2D eigenvalue weighted by atomic mass is 10.1. The predicted molar refractivity (Wildman–Crippen MR) is 85.1 cm³/mol. The Morgan fingerprint density at radius 1 is 1.22 bits per heavy atom. The Morgan fingerprint density at radius 2 is 2.00 bits per heavy atom. The van der Waals surface area contributed by atoms with Crippen molar-refractivity contribution in [1.82, 2.24) is 24.6 Å². The van der Waals surface area contributed by atoms with Crippen molar-refractivity contribution in [2.45, 2.75) is 33.3 Å². The molecule has 4 rings (SSSR count). The number of fused-ring (bicyclic) bond motifs is 3. The van der Waals surface area contributed by atoms with Crippen molar-refractivity contribution >= 4 is 16.7 Å². The van der Waals surface area contributed by atoms with Crippen molar-refractivity contribution in [2.75, 3.05) is 0 Å². The number of hydrogen-bond donors (Lipinski definition) is 2. The van der Waals surface area contributed by atoms with Gasteiger partial charge in [0.2, 0.25) is 5.82 Å². The van der Waals surface area contributed by atoms with Crippen molar-refractivity contribution in [3.05, 3.63) is 35.5 Å². The van der Waals surface area contributed by atoms with Crippen LogP contribution in [0.25, 0.3) is 28.3 Å². The molecule has 7 heteroatoms. The molecule has 0 spiro atoms. The molecule has 7 nitrogen and oxygen atoms in total. The topological polar surface area (TPSA) is 92.2 Å². The van der Waals surface area contributed by atoms with Crippen LogP contribution < -0.4 is 0 Å². The van der Waals surface area contributed by atoms with Gasteiger partial charge in [0.15, 0.2) is 11.4 Å². The Hall–Kier alpha value is -2.67. The Balaban J connectivity index is 2.09. The number of nitrogens with one attached hydrogen (secondary N) is 1. The summed E-state index contributed by atoms with van der Waals surface area (Å²) >= 11 is 0. The van der Waals surface area contributed by atoms with Crippen LogP contribution in [0.3, 0.4) is 0 Å². The molecule has 0 amide bonds. The van der Waals surface area contributed by atoms with Crippen LogP contribution in [0.5, 0.6) is 0 Å². The average Bonchev–Trinajstić information content (AvgIpc) is 3.12. The quantitative estimate of drug-likeness (QED) is 0.594. The van der Waals surface area contributed by atoms with E-state index in [-0.39, 0.29) is 0 Å². The molecule has 0 radical (unpaired) electrons. The molecule has 118 valence electrons. The smallest absolute Gasteiger partial charge is 0.201 e. The molecule has 0 bridgehead atoms. The van der Waals surface area contributed by atoms with Gasteiger partial charge in [0.1, 0.15) is 17.2 Å². The molecule has 23 heavy (non-hydrogen) atoms. The third kappa shape index (κ3) is 2.12. The molecular formula is C16H17N5O2. The highest BCUT2D eigenvalue weighted by atomic mass is 16.3. The van der Waals surface area contributed by atoms with Gasteiger partial charge in [-0.2, -0.15) is 4.52 Å². The van der Waals surface area contributed by atoms with E-state index in [1.807, 2.05) is 32.0 Å². The molecule has 0 aromatic carbocycles.